The number of rotatable bonds is 4. The van der Waals surface area contributed by atoms with E-state index in [1.807, 2.05) is 31.1 Å². The summed E-state index contributed by atoms with van der Waals surface area (Å²) in [6.07, 6.45) is 6.75. The van der Waals surface area contributed by atoms with Crippen LogP contribution in [-0.2, 0) is 7.05 Å². The van der Waals surface area contributed by atoms with Gasteiger partial charge in [0, 0.05) is 49.7 Å². The van der Waals surface area contributed by atoms with Crippen LogP contribution in [0.5, 0.6) is 0 Å². The van der Waals surface area contributed by atoms with Crippen molar-refractivity contribution >= 4 is 28.4 Å². The number of aliphatic hydroxyl groups is 1. The number of hydrogen-bond donors (Lipinski definition) is 2. The van der Waals surface area contributed by atoms with E-state index < -0.39 is 12.0 Å². The Morgan fingerprint density at radius 3 is 3.00 bits per heavy atom. The fourth-order valence-corrected chi connectivity index (χ4v) is 3.73. The minimum Gasteiger partial charge on any atom is -0.444 e. The summed E-state index contributed by atoms with van der Waals surface area (Å²) in [5.74, 6) is 0.520. The van der Waals surface area contributed by atoms with Crippen LogP contribution in [0.2, 0.25) is 0 Å². The first-order valence-electron chi connectivity index (χ1n) is 9.93. The molecule has 31 heavy (non-hydrogen) atoms. The molecular formula is C21H21N7O3. The molecule has 0 radical (unpaired) electrons. The number of carbonyl (C=O) groups is 1. The Kier molecular flexibility index (Phi) is 4.63. The van der Waals surface area contributed by atoms with Gasteiger partial charge in [0.15, 0.2) is 17.2 Å². The second kappa shape index (κ2) is 7.47. The summed E-state index contributed by atoms with van der Waals surface area (Å²) in [5.41, 5.74) is 2.94. The second-order valence-corrected chi connectivity index (χ2v) is 7.65. The highest BCUT2D eigenvalue weighted by molar-refractivity contribution is 6.05. The number of nitrogens with one attached hydrogen (secondary N) is 1. The van der Waals surface area contributed by atoms with Crippen LogP contribution in [0.3, 0.4) is 0 Å². The van der Waals surface area contributed by atoms with Crippen LogP contribution in [-0.4, -0.2) is 54.9 Å². The summed E-state index contributed by atoms with van der Waals surface area (Å²) < 4.78 is 7.21. The van der Waals surface area contributed by atoms with Crippen LogP contribution in [0.15, 0.2) is 41.4 Å². The van der Waals surface area contributed by atoms with Gasteiger partial charge in [-0.05, 0) is 31.0 Å². The molecule has 0 spiro atoms. The van der Waals surface area contributed by atoms with Gasteiger partial charge in [-0.25, -0.2) is 9.97 Å². The second-order valence-electron chi connectivity index (χ2n) is 7.65. The Labute approximate surface area is 177 Å². The molecule has 5 rings (SSSR count). The van der Waals surface area contributed by atoms with E-state index in [2.05, 4.69) is 25.4 Å². The minimum atomic E-state index is -0.425. The number of amides is 1. The number of fused-ring (bicyclic) bond motifs is 1. The van der Waals surface area contributed by atoms with Crippen molar-refractivity contribution in [3.63, 3.8) is 0 Å². The first-order valence-corrected chi connectivity index (χ1v) is 9.93. The molecule has 0 aliphatic carbocycles. The number of aliphatic hydroxyl groups excluding tert-OH is 1. The molecule has 2 N–H and O–H groups in total. The van der Waals surface area contributed by atoms with Crippen molar-refractivity contribution in [3.8, 4) is 11.5 Å². The average molecular weight is 419 g/mol. The maximum absolute atomic E-state index is 13.0. The van der Waals surface area contributed by atoms with E-state index in [-0.39, 0.29) is 5.69 Å². The lowest BCUT2D eigenvalue weighted by atomic mass is 10.1. The van der Waals surface area contributed by atoms with Gasteiger partial charge in [-0.3, -0.25) is 14.5 Å². The van der Waals surface area contributed by atoms with E-state index in [9.17, 15) is 9.90 Å². The molecular weight excluding hydrogens is 398 g/mol. The molecule has 1 unspecified atom stereocenters. The molecule has 10 heteroatoms. The van der Waals surface area contributed by atoms with Crippen molar-refractivity contribution in [2.75, 3.05) is 23.3 Å². The SMILES string of the molecule is Cc1cnccc1-c1nc(C(=O)Nc2cc3cn(C)nc3nc2N2CCC(O)C2)co1. The van der Waals surface area contributed by atoms with Crippen LogP contribution < -0.4 is 10.2 Å². The van der Waals surface area contributed by atoms with Crippen molar-refractivity contribution in [2.24, 2.45) is 7.05 Å². The van der Waals surface area contributed by atoms with E-state index in [1.54, 1.807) is 23.1 Å². The summed E-state index contributed by atoms with van der Waals surface area (Å²) in [7, 11) is 1.82. The van der Waals surface area contributed by atoms with Crippen molar-refractivity contribution in [1.82, 2.24) is 24.7 Å². The molecule has 1 amide bonds. The Hall–Kier alpha value is -3.79. The molecule has 4 aromatic heterocycles. The van der Waals surface area contributed by atoms with Crippen molar-refractivity contribution in [3.05, 3.63) is 48.2 Å². The molecule has 0 saturated carbocycles. The van der Waals surface area contributed by atoms with E-state index in [0.717, 1.165) is 16.5 Å². The fraction of sp³-hybridized carbons (Fsp3) is 0.286. The first-order chi connectivity index (χ1) is 15.0. The van der Waals surface area contributed by atoms with Crippen LogP contribution >= 0.6 is 0 Å². The van der Waals surface area contributed by atoms with Gasteiger partial charge < -0.3 is 19.7 Å². The fourth-order valence-electron chi connectivity index (χ4n) is 3.73. The topological polar surface area (TPSA) is 122 Å². The predicted octanol–water partition coefficient (Wildman–Crippen LogP) is 2.15. The normalized spacial score (nSPS) is 16.2. The summed E-state index contributed by atoms with van der Waals surface area (Å²) in [6, 6.07) is 3.63. The Morgan fingerprint density at radius 2 is 2.23 bits per heavy atom. The quantitative estimate of drug-likeness (QED) is 0.516. The van der Waals surface area contributed by atoms with Crippen LogP contribution in [0.1, 0.15) is 22.5 Å². The summed E-state index contributed by atoms with van der Waals surface area (Å²) in [6.45, 7) is 2.99. The minimum absolute atomic E-state index is 0.157. The summed E-state index contributed by atoms with van der Waals surface area (Å²) in [5, 5.41) is 18.0. The van der Waals surface area contributed by atoms with E-state index >= 15 is 0 Å². The van der Waals surface area contributed by atoms with Crippen molar-refractivity contribution in [2.45, 2.75) is 19.4 Å². The van der Waals surface area contributed by atoms with Crippen molar-refractivity contribution < 1.29 is 14.3 Å². The Balaban J connectivity index is 1.47. The molecule has 0 bridgehead atoms. The molecule has 1 aliphatic heterocycles. The zero-order chi connectivity index (χ0) is 21.5. The van der Waals surface area contributed by atoms with Gasteiger partial charge in [0.05, 0.1) is 11.8 Å². The lowest BCUT2D eigenvalue weighted by Crippen LogP contribution is -2.24. The van der Waals surface area contributed by atoms with Gasteiger partial charge in [0.25, 0.3) is 5.91 Å². The highest BCUT2D eigenvalue weighted by atomic mass is 16.3. The highest BCUT2D eigenvalue weighted by Crippen LogP contribution is 2.31. The largest absolute Gasteiger partial charge is 0.444 e. The number of nitrogens with zero attached hydrogens (tertiary/aromatic N) is 6. The predicted molar refractivity (Wildman–Crippen MR) is 114 cm³/mol. The zero-order valence-electron chi connectivity index (χ0n) is 17.1. The lowest BCUT2D eigenvalue weighted by molar-refractivity contribution is 0.102. The number of oxazole rings is 1. The molecule has 0 aromatic carbocycles. The maximum Gasteiger partial charge on any atom is 0.277 e. The number of aromatic nitrogens is 5. The average Bonchev–Trinajstić information content (AvgIpc) is 3.46. The van der Waals surface area contributed by atoms with Gasteiger partial charge in [0.2, 0.25) is 5.89 Å². The van der Waals surface area contributed by atoms with Gasteiger partial charge in [-0.15, -0.1) is 0 Å². The van der Waals surface area contributed by atoms with E-state index in [1.165, 1.54) is 6.26 Å². The standard InChI is InChI=1S/C21H21N7O3/c1-12-8-22-5-3-15(12)21-24-17(11-31-21)20(30)23-16-7-13-9-27(2)26-18(13)25-19(16)28-6-4-14(29)10-28/h3,5,7-9,11,14,29H,4,6,10H2,1-2H3,(H,23,30). The number of pyridine rings is 2. The zero-order valence-corrected chi connectivity index (χ0v) is 17.1. The molecule has 10 nitrogen and oxygen atoms in total. The third kappa shape index (κ3) is 3.61. The maximum atomic E-state index is 13.0. The van der Waals surface area contributed by atoms with Gasteiger partial charge >= 0.3 is 0 Å². The summed E-state index contributed by atoms with van der Waals surface area (Å²) in [4.78, 5) is 28.0. The number of carbonyl (C=O) groups excluding carboxylic acids is 1. The summed E-state index contributed by atoms with van der Waals surface area (Å²) >= 11 is 0. The van der Waals surface area contributed by atoms with E-state index in [0.29, 0.717) is 42.6 Å². The van der Waals surface area contributed by atoms with Crippen LogP contribution in [0.25, 0.3) is 22.5 Å². The third-order valence-corrected chi connectivity index (χ3v) is 5.29. The number of hydrogen-bond acceptors (Lipinski definition) is 8. The number of anilines is 2. The number of β-amino-alcohol motifs (C(OH)–C–C–N with tert-alkyl or cyclic N) is 1. The van der Waals surface area contributed by atoms with Crippen LogP contribution in [0.4, 0.5) is 11.5 Å². The smallest absolute Gasteiger partial charge is 0.277 e. The Bertz CT molecular complexity index is 1280. The van der Waals surface area contributed by atoms with Gasteiger partial charge in [0.1, 0.15) is 6.26 Å². The molecule has 1 aliphatic rings. The highest BCUT2D eigenvalue weighted by Gasteiger charge is 2.26. The molecule has 158 valence electrons. The van der Waals surface area contributed by atoms with Crippen molar-refractivity contribution in [1.29, 1.82) is 0 Å². The van der Waals surface area contributed by atoms with Gasteiger partial charge in [-0.1, -0.05) is 0 Å². The van der Waals surface area contributed by atoms with Crippen LogP contribution in [0, 0.1) is 6.92 Å². The van der Waals surface area contributed by atoms with Gasteiger partial charge in [-0.2, -0.15) is 5.10 Å². The monoisotopic (exact) mass is 419 g/mol. The lowest BCUT2D eigenvalue weighted by Gasteiger charge is -2.20. The molecule has 1 atom stereocenters. The molecule has 1 fully saturated rings. The third-order valence-electron chi connectivity index (χ3n) is 5.29. The number of aryl methyl sites for hydroxylation is 2. The Morgan fingerprint density at radius 1 is 1.35 bits per heavy atom. The van der Waals surface area contributed by atoms with E-state index in [4.69, 9.17) is 4.42 Å². The first kappa shape index (κ1) is 19.2. The molecule has 1 saturated heterocycles. The molecule has 5 heterocycles. The molecule has 4 aromatic rings.